The maximum absolute atomic E-state index is 12.4. The molecule has 0 spiro atoms. The van der Waals surface area contributed by atoms with E-state index in [0.717, 1.165) is 31.6 Å². The van der Waals surface area contributed by atoms with E-state index in [9.17, 15) is 4.79 Å². The molecule has 1 aliphatic rings. The van der Waals surface area contributed by atoms with Gasteiger partial charge in [-0.25, -0.2) is 0 Å². The van der Waals surface area contributed by atoms with E-state index in [1.807, 2.05) is 22.9 Å². The number of ether oxygens (including phenoxy) is 1. The Bertz CT molecular complexity index is 646. The summed E-state index contributed by atoms with van der Waals surface area (Å²) in [5, 5.41) is 7.38. The first-order valence-corrected chi connectivity index (χ1v) is 8.26. The summed E-state index contributed by atoms with van der Waals surface area (Å²) in [5.74, 6) is -0.0586. The van der Waals surface area contributed by atoms with E-state index in [1.165, 1.54) is 5.56 Å². The van der Waals surface area contributed by atoms with Gasteiger partial charge in [0.25, 0.3) is 5.91 Å². The van der Waals surface area contributed by atoms with Crippen molar-refractivity contribution in [2.75, 3.05) is 13.2 Å². The minimum absolute atomic E-state index is 0.0586. The highest BCUT2D eigenvalue weighted by Crippen LogP contribution is 2.14. The summed E-state index contributed by atoms with van der Waals surface area (Å²) in [6, 6.07) is 10.2. The van der Waals surface area contributed by atoms with Crippen molar-refractivity contribution in [1.29, 1.82) is 0 Å². The van der Waals surface area contributed by atoms with Crippen molar-refractivity contribution in [3.63, 3.8) is 0 Å². The van der Waals surface area contributed by atoms with Crippen LogP contribution in [0, 0.1) is 0 Å². The van der Waals surface area contributed by atoms with Crippen molar-refractivity contribution in [3.8, 4) is 0 Å². The minimum Gasteiger partial charge on any atom is -0.376 e. The molecule has 1 saturated heterocycles. The van der Waals surface area contributed by atoms with Crippen molar-refractivity contribution in [1.82, 2.24) is 15.1 Å². The average Bonchev–Trinajstić information content (AvgIpc) is 3.23. The molecule has 1 fully saturated rings. The average molecular weight is 313 g/mol. The van der Waals surface area contributed by atoms with Gasteiger partial charge in [-0.1, -0.05) is 37.3 Å². The quantitative estimate of drug-likeness (QED) is 0.891. The molecule has 1 unspecified atom stereocenters. The van der Waals surface area contributed by atoms with Crippen LogP contribution in [0.4, 0.5) is 0 Å². The minimum atomic E-state index is -0.0586. The van der Waals surface area contributed by atoms with Crippen LogP contribution in [0.25, 0.3) is 0 Å². The second-order valence-electron chi connectivity index (χ2n) is 5.85. The summed E-state index contributed by atoms with van der Waals surface area (Å²) in [6.07, 6.45) is 4.70. The molecule has 1 amide bonds. The van der Waals surface area contributed by atoms with Crippen molar-refractivity contribution in [3.05, 3.63) is 53.3 Å². The maximum Gasteiger partial charge on any atom is 0.254 e. The van der Waals surface area contributed by atoms with Crippen LogP contribution in [0.2, 0.25) is 0 Å². The lowest BCUT2D eigenvalue weighted by atomic mass is 10.1. The fourth-order valence-electron chi connectivity index (χ4n) is 2.97. The number of nitrogens with zero attached hydrogens (tertiary/aromatic N) is 2. The summed E-state index contributed by atoms with van der Waals surface area (Å²) in [7, 11) is 0. The molecular formula is C18H23N3O2. The SMILES string of the molecule is CCc1c(C(=O)NCC2CCCO2)cnn1Cc1ccccc1. The highest BCUT2D eigenvalue weighted by Gasteiger charge is 2.19. The van der Waals surface area contributed by atoms with Crippen LogP contribution in [-0.4, -0.2) is 34.9 Å². The highest BCUT2D eigenvalue weighted by molar-refractivity contribution is 5.95. The van der Waals surface area contributed by atoms with Crippen LogP contribution < -0.4 is 5.32 Å². The summed E-state index contributed by atoms with van der Waals surface area (Å²) in [4.78, 5) is 12.4. The Balaban J connectivity index is 1.68. The van der Waals surface area contributed by atoms with Gasteiger partial charge in [-0.3, -0.25) is 9.48 Å². The van der Waals surface area contributed by atoms with E-state index in [1.54, 1.807) is 6.20 Å². The van der Waals surface area contributed by atoms with Gasteiger partial charge in [-0.15, -0.1) is 0 Å². The Labute approximate surface area is 136 Å². The number of carbonyl (C=O) groups is 1. The zero-order chi connectivity index (χ0) is 16.1. The van der Waals surface area contributed by atoms with Gasteiger partial charge >= 0.3 is 0 Å². The fraction of sp³-hybridized carbons (Fsp3) is 0.444. The number of hydrogen-bond acceptors (Lipinski definition) is 3. The number of nitrogens with one attached hydrogen (secondary N) is 1. The van der Waals surface area contributed by atoms with Gasteiger partial charge in [0, 0.05) is 13.2 Å². The van der Waals surface area contributed by atoms with Gasteiger partial charge in [0.1, 0.15) is 0 Å². The largest absolute Gasteiger partial charge is 0.376 e. The van der Waals surface area contributed by atoms with Crippen molar-refractivity contribution >= 4 is 5.91 Å². The molecule has 1 aromatic carbocycles. The lowest BCUT2D eigenvalue weighted by molar-refractivity contribution is 0.0857. The normalized spacial score (nSPS) is 17.3. The second kappa shape index (κ2) is 7.42. The lowest BCUT2D eigenvalue weighted by Gasteiger charge is -2.11. The number of carbonyl (C=O) groups excluding carboxylic acids is 1. The molecule has 5 heteroatoms. The topological polar surface area (TPSA) is 56.1 Å². The van der Waals surface area contributed by atoms with Gasteiger partial charge in [0.2, 0.25) is 0 Å². The third kappa shape index (κ3) is 3.79. The number of amides is 1. The standard InChI is InChI=1S/C18H23N3O2/c1-2-17-16(18(22)19-11-15-9-6-10-23-15)12-20-21(17)13-14-7-4-3-5-8-14/h3-5,7-8,12,15H,2,6,9-11,13H2,1H3,(H,19,22). The predicted molar refractivity (Wildman–Crippen MR) is 88.5 cm³/mol. The molecule has 1 N–H and O–H groups in total. The molecule has 122 valence electrons. The second-order valence-corrected chi connectivity index (χ2v) is 5.85. The Morgan fingerprint density at radius 3 is 2.91 bits per heavy atom. The van der Waals surface area contributed by atoms with E-state index >= 15 is 0 Å². The van der Waals surface area contributed by atoms with E-state index in [2.05, 4.69) is 29.5 Å². The highest BCUT2D eigenvalue weighted by atomic mass is 16.5. The van der Waals surface area contributed by atoms with Crippen LogP contribution >= 0.6 is 0 Å². The molecule has 0 aliphatic carbocycles. The summed E-state index contributed by atoms with van der Waals surface area (Å²) in [5.41, 5.74) is 2.82. The van der Waals surface area contributed by atoms with E-state index in [0.29, 0.717) is 18.7 Å². The van der Waals surface area contributed by atoms with Gasteiger partial charge in [0.05, 0.1) is 30.1 Å². The maximum atomic E-state index is 12.4. The Hall–Kier alpha value is -2.14. The molecular weight excluding hydrogens is 290 g/mol. The molecule has 0 saturated carbocycles. The number of rotatable bonds is 6. The number of hydrogen-bond donors (Lipinski definition) is 1. The Morgan fingerprint density at radius 1 is 1.39 bits per heavy atom. The summed E-state index contributed by atoms with van der Waals surface area (Å²) < 4.78 is 7.46. The fourth-order valence-corrected chi connectivity index (χ4v) is 2.97. The number of aromatic nitrogens is 2. The molecule has 3 rings (SSSR count). The summed E-state index contributed by atoms with van der Waals surface area (Å²) in [6.45, 7) is 4.11. The molecule has 1 aliphatic heterocycles. The van der Waals surface area contributed by atoms with Crippen LogP contribution in [0.5, 0.6) is 0 Å². The van der Waals surface area contributed by atoms with Crippen molar-refractivity contribution in [2.45, 2.75) is 38.8 Å². The molecule has 2 heterocycles. The van der Waals surface area contributed by atoms with Crippen LogP contribution in [0.1, 0.15) is 41.4 Å². The van der Waals surface area contributed by atoms with Crippen LogP contribution in [-0.2, 0) is 17.7 Å². The third-order valence-corrected chi connectivity index (χ3v) is 4.22. The molecule has 1 atom stereocenters. The first-order chi connectivity index (χ1) is 11.3. The molecule has 0 bridgehead atoms. The molecule has 5 nitrogen and oxygen atoms in total. The van der Waals surface area contributed by atoms with E-state index < -0.39 is 0 Å². The Morgan fingerprint density at radius 2 is 2.22 bits per heavy atom. The van der Waals surface area contributed by atoms with Crippen LogP contribution in [0.3, 0.4) is 0 Å². The van der Waals surface area contributed by atoms with Crippen molar-refractivity contribution < 1.29 is 9.53 Å². The zero-order valence-electron chi connectivity index (χ0n) is 13.5. The van der Waals surface area contributed by atoms with Gasteiger partial charge in [-0.05, 0) is 24.8 Å². The van der Waals surface area contributed by atoms with Gasteiger partial charge < -0.3 is 10.1 Å². The van der Waals surface area contributed by atoms with Gasteiger partial charge in [0.15, 0.2) is 0 Å². The van der Waals surface area contributed by atoms with Crippen LogP contribution in [0.15, 0.2) is 36.5 Å². The molecule has 0 radical (unpaired) electrons. The predicted octanol–water partition coefficient (Wildman–Crippen LogP) is 2.40. The molecule has 2 aromatic rings. The van der Waals surface area contributed by atoms with Crippen molar-refractivity contribution in [2.24, 2.45) is 0 Å². The smallest absolute Gasteiger partial charge is 0.254 e. The molecule has 1 aromatic heterocycles. The number of benzene rings is 1. The first kappa shape index (κ1) is 15.7. The first-order valence-electron chi connectivity index (χ1n) is 8.26. The lowest BCUT2D eigenvalue weighted by Crippen LogP contribution is -2.32. The third-order valence-electron chi connectivity index (χ3n) is 4.22. The Kier molecular flexibility index (Phi) is 5.08. The molecule has 23 heavy (non-hydrogen) atoms. The monoisotopic (exact) mass is 313 g/mol. The summed E-state index contributed by atoms with van der Waals surface area (Å²) >= 11 is 0. The van der Waals surface area contributed by atoms with E-state index in [-0.39, 0.29) is 12.0 Å². The van der Waals surface area contributed by atoms with E-state index in [4.69, 9.17) is 4.74 Å². The zero-order valence-corrected chi connectivity index (χ0v) is 13.5. The van der Waals surface area contributed by atoms with Gasteiger partial charge in [-0.2, -0.15) is 5.10 Å².